The molecule has 0 amide bonds. The minimum Gasteiger partial charge on any atom is -0.192 e. The Morgan fingerprint density at radius 3 is 0.750 bits per heavy atom. The molecule has 0 bridgehead atoms. The summed E-state index contributed by atoms with van der Waals surface area (Å²) in [6.45, 7) is 0. The molecule has 0 aromatic heterocycles. The van der Waals surface area contributed by atoms with Crippen LogP contribution in [0.5, 0.6) is 0 Å². The third kappa shape index (κ3) is 2.32. The summed E-state index contributed by atoms with van der Waals surface area (Å²) in [4.78, 5) is 0. The van der Waals surface area contributed by atoms with E-state index in [1.165, 1.54) is 24.3 Å². The summed E-state index contributed by atoms with van der Waals surface area (Å²) in [6.07, 6.45) is 0. The standard InChI is InChI=1S/C16N8/c17-1-9(2-18)15-11(5-21)13(7-23)16(10(3-19)4-20)14(8-24)12(15)6-22. The predicted octanol–water partition coefficient (Wildman–Crippen LogP) is -0.431. The lowest BCUT2D eigenvalue weighted by Crippen LogP contribution is -2.29. The topological polar surface area (TPSA) is 190 Å². The first-order valence-electron chi connectivity index (χ1n) is 5.79. The maximum Gasteiger partial charge on any atom is 0.139 e. The number of nitrogens with zero attached hydrogens (tertiary/aromatic N) is 8. The molecule has 0 aliphatic rings. The van der Waals surface area contributed by atoms with Gasteiger partial charge in [0.1, 0.15) is 59.7 Å². The van der Waals surface area contributed by atoms with E-state index in [0.29, 0.717) is 0 Å². The SMILES string of the molecule is N#CC(C#N)=c1c(C#N)c(C#N)c(=C(C#N)C#N)c(C#N)c1C#N. The van der Waals surface area contributed by atoms with Crippen LogP contribution in [0, 0.1) is 90.6 Å². The fourth-order valence-corrected chi connectivity index (χ4v) is 1.97. The summed E-state index contributed by atoms with van der Waals surface area (Å²) < 4.78 is 0. The minimum absolute atomic E-state index is 0.461. The third-order valence-corrected chi connectivity index (χ3v) is 2.89. The third-order valence-electron chi connectivity index (χ3n) is 2.89. The molecule has 0 heterocycles. The zero-order chi connectivity index (χ0) is 18.3. The maximum atomic E-state index is 9.30. The van der Waals surface area contributed by atoms with E-state index >= 15 is 0 Å². The Hall–Kier alpha value is -5.12. The maximum absolute atomic E-state index is 9.30. The average Bonchev–Trinajstić information content (AvgIpc) is 2.62. The van der Waals surface area contributed by atoms with Crippen molar-refractivity contribution in [2.24, 2.45) is 0 Å². The highest BCUT2D eigenvalue weighted by Gasteiger charge is 2.21. The van der Waals surface area contributed by atoms with Gasteiger partial charge in [0.2, 0.25) is 0 Å². The second-order valence-corrected chi connectivity index (χ2v) is 3.89. The van der Waals surface area contributed by atoms with Gasteiger partial charge in [-0.15, -0.1) is 0 Å². The van der Waals surface area contributed by atoms with E-state index < -0.39 is 43.8 Å². The lowest BCUT2D eigenvalue weighted by atomic mass is 9.90. The van der Waals surface area contributed by atoms with Crippen LogP contribution < -0.4 is 10.4 Å². The summed E-state index contributed by atoms with van der Waals surface area (Å²) in [6, 6.07) is 12.4. The van der Waals surface area contributed by atoms with Gasteiger partial charge in [-0.2, -0.15) is 42.1 Å². The van der Waals surface area contributed by atoms with Crippen molar-refractivity contribution in [3.8, 4) is 48.6 Å². The van der Waals surface area contributed by atoms with Gasteiger partial charge in [0.05, 0.1) is 22.3 Å². The summed E-state index contributed by atoms with van der Waals surface area (Å²) in [5.41, 5.74) is -3.38. The van der Waals surface area contributed by atoms with Gasteiger partial charge in [-0.1, -0.05) is 0 Å². The molecular formula is C16N8. The lowest BCUT2D eigenvalue weighted by molar-refractivity contribution is 1.30. The Labute approximate surface area is 135 Å². The molecule has 0 fully saturated rings. The number of hydrogen-bond donors (Lipinski definition) is 0. The smallest absolute Gasteiger partial charge is 0.139 e. The quantitative estimate of drug-likeness (QED) is 0.616. The van der Waals surface area contributed by atoms with Crippen molar-refractivity contribution in [1.29, 1.82) is 42.1 Å². The molecule has 0 unspecified atom stereocenters. The predicted molar refractivity (Wildman–Crippen MR) is 73.8 cm³/mol. The van der Waals surface area contributed by atoms with Gasteiger partial charge >= 0.3 is 0 Å². The Kier molecular flexibility index (Phi) is 4.97. The summed E-state index contributed by atoms with van der Waals surface area (Å²) in [5.74, 6) is 0. The van der Waals surface area contributed by atoms with E-state index in [0.717, 1.165) is 0 Å². The van der Waals surface area contributed by atoms with Gasteiger partial charge in [0.25, 0.3) is 0 Å². The molecule has 8 heteroatoms. The zero-order valence-electron chi connectivity index (χ0n) is 11.6. The van der Waals surface area contributed by atoms with E-state index in [1.807, 2.05) is 0 Å². The van der Waals surface area contributed by atoms with Crippen LogP contribution in [0.2, 0.25) is 0 Å². The highest BCUT2D eigenvalue weighted by atomic mass is 14.4. The van der Waals surface area contributed by atoms with Crippen LogP contribution in [0.15, 0.2) is 0 Å². The molecular weight excluding hydrogens is 304 g/mol. The fourth-order valence-electron chi connectivity index (χ4n) is 1.97. The van der Waals surface area contributed by atoms with Crippen molar-refractivity contribution in [3.05, 3.63) is 32.7 Å². The highest BCUT2D eigenvalue weighted by Crippen LogP contribution is 2.09. The van der Waals surface area contributed by atoms with Crippen LogP contribution in [0.4, 0.5) is 0 Å². The van der Waals surface area contributed by atoms with Crippen molar-refractivity contribution in [1.82, 2.24) is 0 Å². The highest BCUT2D eigenvalue weighted by molar-refractivity contribution is 5.81. The minimum atomic E-state index is -0.641. The van der Waals surface area contributed by atoms with Crippen LogP contribution in [-0.2, 0) is 0 Å². The molecule has 1 rings (SSSR count). The number of hydrogen-bond acceptors (Lipinski definition) is 8. The molecule has 0 aliphatic heterocycles. The Morgan fingerprint density at radius 1 is 0.417 bits per heavy atom. The molecule has 0 atom stereocenters. The Bertz CT molecular complexity index is 1030. The van der Waals surface area contributed by atoms with E-state index in [2.05, 4.69) is 0 Å². The van der Waals surface area contributed by atoms with Gasteiger partial charge in [-0.05, 0) is 0 Å². The molecule has 1 aromatic rings. The van der Waals surface area contributed by atoms with Gasteiger partial charge in [0, 0.05) is 10.4 Å². The van der Waals surface area contributed by atoms with E-state index in [9.17, 15) is 21.0 Å². The molecule has 1 aromatic carbocycles. The van der Waals surface area contributed by atoms with Crippen molar-refractivity contribution >= 4 is 11.1 Å². The largest absolute Gasteiger partial charge is 0.192 e. The number of benzene rings is 1. The van der Waals surface area contributed by atoms with Crippen LogP contribution in [0.1, 0.15) is 22.3 Å². The van der Waals surface area contributed by atoms with Crippen LogP contribution in [0.3, 0.4) is 0 Å². The summed E-state index contributed by atoms with van der Waals surface area (Å²) >= 11 is 0. The lowest BCUT2D eigenvalue weighted by Gasteiger charge is -2.04. The number of nitriles is 8. The van der Waals surface area contributed by atoms with E-state index in [1.54, 1.807) is 24.3 Å². The molecule has 0 aliphatic carbocycles. The fraction of sp³-hybridized carbons (Fsp3) is 0. The van der Waals surface area contributed by atoms with Crippen molar-refractivity contribution in [2.45, 2.75) is 0 Å². The Balaban J connectivity index is 4.86. The van der Waals surface area contributed by atoms with Gasteiger partial charge in [-0.25, -0.2) is 0 Å². The second kappa shape index (κ2) is 7.05. The van der Waals surface area contributed by atoms with Crippen molar-refractivity contribution in [2.75, 3.05) is 0 Å². The normalized spacial score (nSPS) is 7.67. The van der Waals surface area contributed by atoms with E-state index in [4.69, 9.17) is 21.0 Å². The molecule has 0 N–H and O–H groups in total. The molecule has 8 nitrogen and oxygen atoms in total. The van der Waals surface area contributed by atoms with Crippen molar-refractivity contribution < 1.29 is 0 Å². The summed E-state index contributed by atoms with van der Waals surface area (Å²) in [5, 5.41) is 72.4. The van der Waals surface area contributed by atoms with Gasteiger partial charge < -0.3 is 0 Å². The zero-order valence-corrected chi connectivity index (χ0v) is 11.6. The van der Waals surface area contributed by atoms with Gasteiger partial charge in [0.15, 0.2) is 0 Å². The number of rotatable bonds is 0. The molecule has 0 saturated heterocycles. The van der Waals surface area contributed by atoms with E-state index in [-0.39, 0.29) is 0 Å². The molecule has 0 saturated carbocycles. The second-order valence-electron chi connectivity index (χ2n) is 3.89. The average molecular weight is 304 g/mol. The van der Waals surface area contributed by atoms with Gasteiger partial charge in [-0.3, -0.25) is 0 Å². The van der Waals surface area contributed by atoms with Crippen LogP contribution in [-0.4, -0.2) is 0 Å². The first-order chi connectivity index (χ1) is 11.6. The monoisotopic (exact) mass is 304 g/mol. The van der Waals surface area contributed by atoms with Crippen LogP contribution in [0.25, 0.3) is 11.1 Å². The first-order valence-corrected chi connectivity index (χ1v) is 5.79. The van der Waals surface area contributed by atoms with Crippen molar-refractivity contribution in [3.63, 3.8) is 0 Å². The Morgan fingerprint density at radius 2 is 0.625 bits per heavy atom. The van der Waals surface area contributed by atoms with Crippen LogP contribution >= 0.6 is 0 Å². The first kappa shape index (κ1) is 16.9. The molecule has 0 radical (unpaired) electrons. The summed E-state index contributed by atoms with van der Waals surface area (Å²) in [7, 11) is 0. The molecule has 24 heavy (non-hydrogen) atoms. The molecule has 104 valence electrons. The molecule has 0 spiro atoms.